The van der Waals surface area contributed by atoms with E-state index in [1.165, 1.54) is 5.69 Å². The van der Waals surface area contributed by atoms with Crippen LogP contribution in [0.1, 0.15) is 23.4 Å². The molecule has 7 nitrogen and oxygen atoms in total. The molecular weight excluding hydrogens is 400 g/mol. The number of benzene rings is 1. The van der Waals surface area contributed by atoms with Gasteiger partial charge in [0.05, 0.1) is 12.1 Å². The van der Waals surface area contributed by atoms with Crippen LogP contribution in [0.2, 0.25) is 5.02 Å². The van der Waals surface area contributed by atoms with Gasteiger partial charge in [-0.15, -0.1) is 0 Å². The van der Waals surface area contributed by atoms with Gasteiger partial charge in [-0.05, 0) is 44.0 Å². The fraction of sp³-hybridized carbons (Fsp3) is 0.500. The molecule has 30 heavy (non-hydrogen) atoms. The number of guanidine groups is 1. The minimum atomic E-state index is 0.143. The first kappa shape index (κ1) is 22.2. The Kier molecular flexibility index (Phi) is 7.74. The van der Waals surface area contributed by atoms with Gasteiger partial charge in [0.1, 0.15) is 0 Å². The molecule has 0 spiro atoms. The average Bonchev–Trinajstić information content (AvgIpc) is 3.05. The van der Waals surface area contributed by atoms with Crippen molar-refractivity contribution in [3.63, 3.8) is 0 Å². The molecule has 0 radical (unpaired) electrons. The molecular formula is C22H31ClN6O. The number of piperazine rings is 1. The molecule has 1 fully saturated rings. The molecule has 8 heteroatoms. The van der Waals surface area contributed by atoms with Crippen molar-refractivity contribution in [1.29, 1.82) is 0 Å². The summed E-state index contributed by atoms with van der Waals surface area (Å²) in [6, 6.07) is 9.60. The molecule has 0 atom stereocenters. The van der Waals surface area contributed by atoms with Crippen molar-refractivity contribution >= 4 is 23.5 Å². The van der Waals surface area contributed by atoms with Crippen LogP contribution in [0.15, 0.2) is 35.3 Å². The second-order valence-corrected chi connectivity index (χ2v) is 8.09. The van der Waals surface area contributed by atoms with E-state index in [-0.39, 0.29) is 5.91 Å². The van der Waals surface area contributed by atoms with Crippen molar-refractivity contribution in [1.82, 2.24) is 24.9 Å². The predicted octanol–water partition coefficient (Wildman–Crippen LogP) is 2.51. The van der Waals surface area contributed by atoms with Crippen LogP contribution in [-0.2, 0) is 17.8 Å². The molecule has 1 amide bonds. The standard InChI is InChI=1S/C22H31ClN6O/c1-17-14-18(2)29(26-17)9-5-8-25-22(24-3)28-12-10-27(11-13-28)21(30)16-19-6-4-7-20(23)15-19/h4,6-7,14-15H,5,8-13,16H2,1-3H3,(H,24,25). The van der Waals surface area contributed by atoms with E-state index < -0.39 is 0 Å². The highest BCUT2D eigenvalue weighted by Gasteiger charge is 2.23. The molecule has 2 heterocycles. The third-order valence-electron chi connectivity index (χ3n) is 5.32. The summed E-state index contributed by atoms with van der Waals surface area (Å²) < 4.78 is 2.05. The van der Waals surface area contributed by atoms with Crippen molar-refractivity contribution in [2.24, 2.45) is 4.99 Å². The van der Waals surface area contributed by atoms with Gasteiger partial charge in [-0.3, -0.25) is 14.5 Å². The van der Waals surface area contributed by atoms with Crippen LogP contribution >= 0.6 is 11.6 Å². The van der Waals surface area contributed by atoms with Crippen LogP contribution in [0, 0.1) is 13.8 Å². The molecule has 1 aliphatic heterocycles. The van der Waals surface area contributed by atoms with Crippen LogP contribution in [0.5, 0.6) is 0 Å². The molecule has 0 saturated carbocycles. The van der Waals surface area contributed by atoms with Crippen LogP contribution in [0.3, 0.4) is 0 Å². The molecule has 0 unspecified atom stereocenters. The van der Waals surface area contributed by atoms with E-state index >= 15 is 0 Å². The normalized spacial score (nSPS) is 14.9. The van der Waals surface area contributed by atoms with Gasteiger partial charge < -0.3 is 15.1 Å². The fourth-order valence-corrected chi connectivity index (χ4v) is 3.98. The van der Waals surface area contributed by atoms with Gasteiger partial charge in [0.2, 0.25) is 5.91 Å². The smallest absolute Gasteiger partial charge is 0.227 e. The van der Waals surface area contributed by atoms with Gasteiger partial charge >= 0.3 is 0 Å². The fourth-order valence-electron chi connectivity index (χ4n) is 3.76. The van der Waals surface area contributed by atoms with Gasteiger partial charge in [0, 0.05) is 57.0 Å². The predicted molar refractivity (Wildman–Crippen MR) is 121 cm³/mol. The van der Waals surface area contributed by atoms with E-state index in [1.807, 2.05) is 40.8 Å². The molecule has 0 aliphatic carbocycles. The van der Waals surface area contributed by atoms with Crippen molar-refractivity contribution in [2.75, 3.05) is 39.8 Å². The number of hydrogen-bond donors (Lipinski definition) is 1. The Labute approximate surface area is 183 Å². The molecule has 3 rings (SSSR count). The van der Waals surface area contributed by atoms with Crippen molar-refractivity contribution < 1.29 is 4.79 Å². The number of halogens is 1. The molecule has 1 aliphatic rings. The van der Waals surface area contributed by atoms with Crippen LogP contribution in [0.4, 0.5) is 0 Å². The summed E-state index contributed by atoms with van der Waals surface area (Å²) in [6.07, 6.45) is 1.36. The maximum absolute atomic E-state index is 12.6. The largest absolute Gasteiger partial charge is 0.356 e. The van der Waals surface area contributed by atoms with E-state index in [9.17, 15) is 4.79 Å². The number of aryl methyl sites for hydroxylation is 3. The zero-order chi connectivity index (χ0) is 21.5. The molecule has 1 aromatic carbocycles. The van der Waals surface area contributed by atoms with E-state index in [0.717, 1.165) is 49.8 Å². The average molecular weight is 431 g/mol. The van der Waals surface area contributed by atoms with Crippen molar-refractivity contribution in [3.8, 4) is 0 Å². The van der Waals surface area contributed by atoms with E-state index in [1.54, 1.807) is 7.05 Å². The number of nitrogens with one attached hydrogen (secondary N) is 1. The first-order chi connectivity index (χ1) is 14.5. The monoisotopic (exact) mass is 430 g/mol. The van der Waals surface area contributed by atoms with Gasteiger partial charge in [-0.2, -0.15) is 5.10 Å². The summed E-state index contributed by atoms with van der Waals surface area (Å²) in [5.74, 6) is 1.04. The number of carbonyl (C=O) groups is 1. The SMILES string of the molecule is CN=C(NCCCn1nc(C)cc1C)N1CCN(C(=O)Cc2cccc(Cl)c2)CC1. The van der Waals surface area contributed by atoms with Gasteiger partial charge in [-0.1, -0.05) is 23.7 Å². The van der Waals surface area contributed by atoms with Crippen LogP contribution in [0.25, 0.3) is 0 Å². The Balaban J connectivity index is 1.41. The number of aromatic nitrogens is 2. The van der Waals surface area contributed by atoms with E-state index in [2.05, 4.69) is 33.3 Å². The maximum atomic E-state index is 12.6. The third kappa shape index (κ3) is 5.98. The topological polar surface area (TPSA) is 65.8 Å². The van der Waals surface area contributed by atoms with Gasteiger partial charge in [0.25, 0.3) is 0 Å². The molecule has 0 bridgehead atoms. The van der Waals surface area contributed by atoms with Crippen LogP contribution in [-0.4, -0.2) is 71.2 Å². The van der Waals surface area contributed by atoms with E-state index in [4.69, 9.17) is 11.6 Å². The summed E-state index contributed by atoms with van der Waals surface area (Å²) in [6.45, 7) is 8.77. The Morgan fingerprint density at radius 2 is 1.90 bits per heavy atom. The molecule has 1 N–H and O–H groups in total. The third-order valence-corrected chi connectivity index (χ3v) is 5.56. The Morgan fingerprint density at radius 3 is 2.53 bits per heavy atom. The maximum Gasteiger partial charge on any atom is 0.227 e. The van der Waals surface area contributed by atoms with Crippen LogP contribution < -0.4 is 5.32 Å². The van der Waals surface area contributed by atoms with E-state index in [0.29, 0.717) is 24.5 Å². The highest BCUT2D eigenvalue weighted by Crippen LogP contribution is 2.13. The zero-order valence-electron chi connectivity index (χ0n) is 18.1. The number of amides is 1. The lowest BCUT2D eigenvalue weighted by molar-refractivity contribution is -0.131. The lowest BCUT2D eigenvalue weighted by Gasteiger charge is -2.36. The molecule has 1 aromatic heterocycles. The molecule has 1 saturated heterocycles. The van der Waals surface area contributed by atoms with Crippen molar-refractivity contribution in [3.05, 3.63) is 52.3 Å². The lowest BCUT2D eigenvalue weighted by atomic mass is 10.1. The first-order valence-electron chi connectivity index (χ1n) is 10.4. The number of rotatable bonds is 6. The summed E-state index contributed by atoms with van der Waals surface area (Å²) in [5, 5.41) is 8.61. The summed E-state index contributed by atoms with van der Waals surface area (Å²) in [7, 11) is 1.81. The Morgan fingerprint density at radius 1 is 1.17 bits per heavy atom. The minimum Gasteiger partial charge on any atom is -0.356 e. The minimum absolute atomic E-state index is 0.143. The second-order valence-electron chi connectivity index (χ2n) is 7.65. The quantitative estimate of drug-likeness (QED) is 0.434. The van der Waals surface area contributed by atoms with Gasteiger partial charge in [0.15, 0.2) is 5.96 Å². The Hall–Kier alpha value is -2.54. The summed E-state index contributed by atoms with van der Waals surface area (Å²) in [4.78, 5) is 21.2. The summed E-state index contributed by atoms with van der Waals surface area (Å²) >= 11 is 6.02. The molecule has 2 aromatic rings. The highest BCUT2D eigenvalue weighted by molar-refractivity contribution is 6.30. The van der Waals surface area contributed by atoms with Gasteiger partial charge in [-0.25, -0.2) is 0 Å². The number of hydrogen-bond acceptors (Lipinski definition) is 3. The Bertz CT molecular complexity index is 886. The second kappa shape index (κ2) is 10.5. The highest BCUT2D eigenvalue weighted by atomic mass is 35.5. The summed E-state index contributed by atoms with van der Waals surface area (Å²) in [5.41, 5.74) is 3.20. The number of carbonyl (C=O) groups excluding carboxylic acids is 1. The number of nitrogens with zero attached hydrogens (tertiary/aromatic N) is 5. The number of aliphatic imine (C=N–C) groups is 1. The molecule has 162 valence electrons. The zero-order valence-corrected chi connectivity index (χ0v) is 18.8. The lowest BCUT2D eigenvalue weighted by Crippen LogP contribution is -2.54. The van der Waals surface area contributed by atoms with Crippen molar-refractivity contribution in [2.45, 2.75) is 33.2 Å². The first-order valence-corrected chi connectivity index (χ1v) is 10.8.